The largest absolute Gasteiger partial charge is 0.328 e. The summed E-state index contributed by atoms with van der Waals surface area (Å²) in [5.74, 6) is -1.42. The first kappa shape index (κ1) is 17.0. The topological polar surface area (TPSA) is 80.2 Å². The van der Waals surface area contributed by atoms with Gasteiger partial charge in [0.05, 0.1) is 0 Å². The van der Waals surface area contributed by atoms with Gasteiger partial charge in [-0.1, -0.05) is 17.7 Å². The van der Waals surface area contributed by atoms with Crippen molar-refractivity contribution >= 4 is 35.5 Å². The predicted octanol–water partition coefficient (Wildman–Crippen LogP) is 2.81. The molecule has 0 spiro atoms. The molecule has 6 nitrogen and oxygen atoms in total. The quantitative estimate of drug-likeness (QED) is 0.640. The molecule has 2 N–H and O–H groups in total. The standard InChI is InChI=1S/C18H16ClN3O3/c1-9-7-12(8-13-16(23)20-18(25)21-17(13)24)11(3)22(9)15-6-4-5-14(19)10(15)2/h4-8H,1-3H3,(H2,20,21,23,24,25). The number of carbonyl (C=O) groups excluding carboxylic acids is 3. The first-order valence-electron chi connectivity index (χ1n) is 7.62. The molecule has 3 rings (SSSR count). The molecule has 1 fully saturated rings. The van der Waals surface area contributed by atoms with Crippen LogP contribution in [0.5, 0.6) is 0 Å². The molecule has 0 atom stereocenters. The second kappa shape index (κ2) is 6.22. The Hall–Kier alpha value is -2.86. The minimum absolute atomic E-state index is 0.109. The number of hydrogen-bond donors (Lipinski definition) is 2. The maximum atomic E-state index is 11.9. The van der Waals surface area contributed by atoms with Crippen LogP contribution < -0.4 is 10.6 Å². The summed E-state index contributed by atoms with van der Waals surface area (Å²) in [4.78, 5) is 35.0. The molecule has 25 heavy (non-hydrogen) atoms. The highest BCUT2D eigenvalue weighted by molar-refractivity contribution is 6.31. The summed E-state index contributed by atoms with van der Waals surface area (Å²) >= 11 is 6.22. The first-order valence-corrected chi connectivity index (χ1v) is 8.00. The smallest absolute Gasteiger partial charge is 0.318 e. The van der Waals surface area contributed by atoms with Crippen LogP contribution in [0.3, 0.4) is 0 Å². The van der Waals surface area contributed by atoms with Crippen molar-refractivity contribution in [2.45, 2.75) is 20.8 Å². The molecule has 1 aliphatic rings. The number of hydrogen-bond acceptors (Lipinski definition) is 3. The van der Waals surface area contributed by atoms with E-state index in [1.54, 1.807) is 0 Å². The Kier molecular flexibility index (Phi) is 4.22. The molecule has 7 heteroatoms. The van der Waals surface area contributed by atoms with Gasteiger partial charge in [0.15, 0.2) is 0 Å². The van der Waals surface area contributed by atoms with E-state index >= 15 is 0 Å². The van der Waals surface area contributed by atoms with Crippen molar-refractivity contribution < 1.29 is 14.4 Å². The average Bonchev–Trinajstić information content (AvgIpc) is 2.80. The number of barbiturate groups is 1. The fraction of sp³-hybridized carbons (Fsp3) is 0.167. The maximum Gasteiger partial charge on any atom is 0.328 e. The molecule has 0 radical (unpaired) electrons. The van der Waals surface area contributed by atoms with Crippen molar-refractivity contribution in [1.29, 1.82) is 0 Å². The van der Waals surface area contributed by atoms with Gasteiger partial charge < -0.3 is 4.57 Å². The number of aromatic nitrogens is 1. The van der Waals surface area contributed by atoms with Gasteiger partial charge in [0, 0.05) is 22.1 Å². The summed E-state index contributed by atoms with van der Waals surface area (Å²) in [6.45, 7) is 5.76. The van der Waals surface area contributed by atoms with E-state index in [9.17, 15) is 14.4 Å². The van der Waals surface area contributed by atoms with Gasteiger partial charge in [-0.05, 0) is 56.2 Å². The summed E-state index contributed by atoms with van der Waals surface area (Å²) in [6.07, 6.45) is 1.48. The number of benzene rings is 1. The highest BCUT2D eigenvalue weighted by atomic mass is 35.5. The summed E-state index contributed by atoms with van der Waals surface area (Å²) in [5.41, 5.74) is 4.26. The van der Waals surface area contributed by atoms with Gasteiger partial charge in [-0.15, -0.1) is 0 Å². The fourth-order valence-electron chi connectivity index (χ4n) is 2.90. The molecule has 0 bridgehead atoms. The van der Waals surface area contributed by atoms with Gasteiger partial charge in [0.2, 0.25) is 0 Å². The van der Waals surface area contributed by atoms with Crippen LogP contribution in [0.15, 0.2) is 29.8 Å². The molecule has 0 unspecified atom stereocenters. The van der Waals surface area contributed by atoms with Gasteiger partial charge in [0.1, 0.15) is 5.57 Å². The van der Waals surface area contributed by atoms with E-state index < -0.39 is 17.8 Å². The normalized spacial score (nSPS) is 14.4. The highest BCUT2D eigenvalue weighted by Crippen LogP contribution is 2.28. The molecule has 1 saturated heterocycles. The van der Waals surface area contributed by atoms with Crippen LogP contribution in [0.25, 0.3) is 11.8 Å². The zero-order chi connectivity index (χ0) is 18.3. The minimum Gasteiger partial charge on any atom is -0.318 e. The third-order valence-corrected chi connectivity index (χ3v) is 4.60. The lowest BCUT2D eigenvalue weighted by Crippen LogP contribution is -2.51. The molecule has 2 heterocycles. The summed E-state index contributed by atoms with van der Waals surface area (Å²) in [7, 11) is 0. The maximum absolute atomic E-state index is 11.9. The number of nitrogens with zero attached hydrogens (tertiary/aromatic N) is 1. The lowest BCUT2D eigenvalue weighted by Gasteiger charge is -2.15. The third-order valence-electron chi connectivity index (χ3n) is 4.19. The van der Waals surface area contributed by atoms with Crippen LogP contribution >= 0.6 is 11.6 Å². The third kappa shape index (κ3) is 2.96. The van der Waals surface area contributed by atoms with Gasteiger partial charge in [-0.2, -0.15) is 0 Å². The van der Waals surface area contributed by atoms with Gasteiger partial charge in [0.25, 0.3) is 11.8 Å². The van der Waals surface area contributed by atoms with Crippen molar-refractivity contribution in [2.75, 3.05) is 0 Å². The van der Waals surface area contributed by atoms with E-state index in [1.807, 2.05) is 49.6 Å². The minimum atomic E-state index is -0.813. The van der Waals surface area contributed by atoms with Gasteiger partial charge in [-0.3, -0.25) is 20.2 Å². The van der Waals surface area contributed by atoms with E-state index in [4.69, 9.17) is 11.6 Å². The zero-order valence-corrected chi connectivity index (χ0v) is 14.7. The monoisotopic (exact) mass is 357 g/mol. The fourth-order valence-corrected chi connectivity index (χ4v) is 3.07. The summed E-state index contributed by atoms with van der Waals surface area (Å²) < 4.78 is 2.01. The lowest BCUT2D eigenvalue weighted by atomic mass is 10.1. The highest BCUT2D eigenvalue weighted by Gasteiger charge is 2.28. The SMILES string of the molecule is Cc1c(Cl)cccc1-n1c(C)cc(C=C2C(=O)NC(=O)NC2=O)c1C. The molecular weight excluding hydrogens is 342 g/mol. The van der Waals surface area contributed by atoms with Crippen molar-refractivity contribution in [2.24, 2.45) is 0 Å². The molecule has 128 valence electrons. The van der Waals surface area contributed by atoms with Crippen LogP contribution in [0.1, 0.15) is 22.5 Å². The van der Waals surface area contributed by atoms with Crippen LogP contribution in [-0.4, -0.2) is 22.4 Å². The summed E-state index contributed by atoms with van der Waals surface area (Å²) in [6, 6.07) is 6.71. The molecule has 1 aliphatic heterocycles. The molecule has 0 saturated carbocycles. The Morgan fingerprint density at radius 1 is 1.04 bits per heavy atom. The van der Waals surface area contributed by atoms with Crippen molar-refractivity contribution in [3.8, 4) is 5.69 Å². The predicted molar refractivity (Wildman–Crippen MR) is 94.6 cm³/mol. The number of carbonyl (C=O) groups is 3. The molecule has 4 amide bonds. The number of amides is 4. The van der Waals surface area contributed by atoms with Crippen molar-refractivity contribution in [3.63, 3.8) is 0 Å². The van der Waals surface area contributed by atoms with Crippen molar-refractivity contribution in [3.05, 3.63) is 57.4 Å². The number of rotatable bonds is 2. The van der Waals surface area contributed by atoms with E-state index in [1.165, 1.54) is 6.08 Å². The number of aryl methyl sites for hydroxylation is 1. The second-order valence-electron chi connectivity index (χ2n) is 5.84. The Balaban J connectivity index is 2.11. The second-order valence-corrected chi connectivity index (χ2v) is 6.25. The molecule has 2 aromatic rings. The molecular formula is C18H16ClN3O3. The Morgan fingerprint density at radius 3 is 2.32 bits per heavy atom. The van der Waals surface area contributed by atoms with Gasteiger partial charge >= 0.3 is 6.03 Å². The average molecular weight is 358 g/mol. The number of nitrogens with one attached hydrogen (secondary N) is 2. The van der Waals surface area contributed by atoms with Crippen molar-refractivity contribution in [1.82, 2.24) is 15.2 Å². The zero-order valence-electron chi connectivity index (χ0n) is 13.9. The summed E-state index contributed by atoms with van der Waals surface area (Å²) in [5, 5.41) is 4.80. The van der Waals surface area contributed by atoms with E-state index in [0.29, 0.717) is 10.6 Å². The van der Waals surface area contributed by atoms with Crippen LogP contribution in [0.4, 0.5) is 4.79 Å². The number of halogens is 1. The van der Waals surface area contributed by atoms with E-state index in [0.717, 1.165) is 22.6 Å². The lowest BCUT2D eigenvalue weighted by molar-refractivity contribution is -0.123. The van der Waals surface area contributed by atoms with Crippen LogP contribution in [0.2, 0.25) is 5.02 Å². The van der Waals surface area contributed by atoms with Crippen LogP contribution in [0, 0.1) is 20.8 Å². The molecule has 1 aromatic heterocycles. The van der Waals surface area contributed by atoms with Crippen LogP contribution in [-0.2, 0) is 9.59 Å². The van der Waals surface area contributed by atoms with Gasteiger partial charge in [-0.25, -0.2) is 4.79 Å². The number of imide groups is 2. The van der Waals surface area contributed by atoms with E-state index in [-0.39, 0.29) is 5.57 Å². The van der Waals surface area contributed by atoms with E-state index in [2.05, 4.69) is 10.6 Å². The Bertz CT molecular complexity index is 935. The Labute approximate surface area is 149 Å². The molecule has 0 aliphatic carbocycles. The molecule has 1 aromatic carbocycles. The first-order chi connectivity index (χ1) is 11.8. The number of urea groups is 1. The Morgan fingerprint density at radius 2 is 1.68 bits per heavy atom.